The van der Waals surface area contributed by atoms with Crippen LogP contribution in [0.1, 0.15) is 0 Å². The van der Waals surface area contributed by atoms with E-state index in [9.17, 15) is 4.39 Å². The molecule has 62 valence electrons. The zero-order chi connectivity index (χ0) is 8.55. The Balaban J connectivity index is 2.73. The van der Waals surface area contributed by atoms with Gasteiger partial charge in [0.05, 0.1) is 13.4 Å². The number of furan rings is 1. The van der Waals surface area contributed by atoms with Crippen molar-refractivity contribution < 1.29 is 13.5 Å². The fourth-order valence-electron chi connectivity index (χ4n) is 1.12. The van der Waals surface area contributed by atoms with Crippen LogP contribution < -0.4 is 4.74 Å². The number of halogens is 1. The van der Waals surface area contributed by atoms with Gasteiger partial charge in [0.2, 0.25) is 0 Å². The second-order valence-electron chi connectivity index (χ2n) is 2.45. The Labute approximate surface area is 68.6 Å². The number of rotatable bonds is 1. The van der Waals surface area contributed by atoms with E-state index in [-0.39, 0.29) is 5.75 Å². The van der Waals surface area contributed by atoms with Gasteiger partial charge in [0.1, 0.15) is 5.58 Å². The Bertz CT molecular complexity index is 406. The molecule has 0 radical (unpaired) electrons. The van der Waals surface area contributed by atoms with Crippen LogP contribution in [-0.2, 0) is 0 Å². The third kappa shape index (κ3) is 0.942. The van der Waals surface area contributed by atoms with Gasteiger partial charge < -0.3 is 9.15 Å². The summed E-state index contributed by atoms with van der Waals surface area (Å²) in [7, 11) is 1.43. The number of hydrogen-bond acceptors (Lipinski definition) is 2. The second kappa shape index (κ2) is 2.52. The van der Waals surface area contributed by atoms with E-state index in [2.05, 4.69) is 0 Å². The van der Waals surface area contributed by atoms with Crippen molar-refractivity contribution in [1.82, 2.24) is 0 Å². The summed E-state index contributed by atoms with van der Waals surface area (Å²) >= 11 is 0. The van der Waals surface area contributed by atoms with Gasteiger partial charge in [-0.1, -0.05) is 0 Å². The summed E-state index contributed by atoms with van der Waals surface area (Å²) in [5.41, 5.74) is 0.535. The highest BCUT2D eigenvalue weighted by molar-refractivity contribution is 5.78. The molecule has 1 heterocycles. The smallest absolute Gasteiger partial charge is 0.168 e. The van der Waals surface area contributed by atoms with Gasteiger partial charge in [-0.05, 0) is 12.1 Å². The summed E-state index contributed by atoms with van der Waals surface area (Å²) in [4.78, 5) is 0. The molecule has 0 saturated carbocycles. The van der Waals surface area contributed by atoms with Crippen LogP contribution >= 0.6 is 0 Å². The van der Waals surface area contributed by atoms with E-state index in [4.69, 9.17) is 9.15 Å². The molecule has 2 rings (SSSR count). The molecule has 0 saturated heterocycles. The first kappa shape index (κ1) is 7.16. The Hall–Kier alpha value is -1.51. The average molecular weight is 166 g/mol. The van der Waals surface area contributed by atoms with Gasteiger partial charge in [-0.25, -0.2) is 4.39 Å². The summed E-state index contributed by atoms with van der Waals surface area (Å²) in [6.07, 6.45) is 1.52. The third-order valence-electron chi connectivity index (χ3n) is 1.73. The summed E-state index contributed by atoms with van der Waals surface area (Å²) in [6.45, 7) is 0. The lowest BCUT2D eigenvalue weighted by Crippen LogP contribution is -1.86. The monoisotopic (exact) mass is 166 g/mol. The van der Waals surface area contributed by atoms with E-state index in [0.717, 1.165) is 5.39 Å². The lowest BCUT2D eigenvalue weighted by molar-refractivity contribution is 0.387. The third-order valence-corrected chi connectivity index (χ3v) is 1.73. The maximum Gasteiger partial charge on any atom is 0.168 e. The standard InChI is InChI=1S/C9H7FO2/c1-11-9-4-6-2-3-12-8(6)5-7(9)10/h2-5H,1H3. The van der Waals surface area contributed by atoms with Crippen molar-refractivity contribution in [3.05, 3.63) is 30.3 Å². The topological polar surface area (TPSA) is 22.4 Å². The highest BCUT2D eigenvalue weighted by atomic mass is 19.1. The molecule has 0 N–H and O–H groups in total. The van der Waals surface area contributed by atoms with Gasteiger partial charge in [0.25, 0.3) is 0 Å². The first-order valence-corrected chi connectivity index (χ1v) is 3.52. The van der Waals surface area contributed by atoms with E-state index >= 15 is 0 Å². The largest absolute Gasteiger partial charge is 0.494 e. The molecule has 0 aliphatic heterocycles. The molecular formula is C9H7FO2. The lowest BCUT2D eigenvalue weighted by atomic mass is 10.2. The SMILES string of the molecule is COc1cc2ccoc2cc1F. The molecule has 0 bridgehead atoms. The minimum atomic E-state index is -0.403. The van der Waals surface area contributed by atoms with Crippen molar-refractivity contribution in [2.75, 3.05) is 7.11 Å². The number of methoxy groups -OCH3 is 1. The summed E-state index contributed by atoms with van der Waals surface area (Å²) in [6, 6.07) is 4.68. The van der Waals surface area contributed by atoms with Crippen LogP contribution in [0.5, 0.6) is 5.75 Å². The lowest BCUT2D eigenvalue weighted by Gasteiger charge is -1.99. The van der Waals surface area contributed by atoms with Crippen LogP contribution in [0.15, 0.2) is 28.9 Å². The van der Waals surface area contributed by atoms with Crippen molar-refractivity contribution in [3.63, 3.8) is 0 Å². The first-order valence-electron chi connectivity index (χ1n) is 3.52. The van der Waals surface area contributed by atoms with E-state index in [1.807, 2.05) is 0 Å². The molecule has 1 aromatic heterocycles. The number of benzene rings is 1. The van der Waals surface area contributed by atoms with Gasteiger partial charge in [0, 0.05) is 11.5 Å². The zero-order valence-corrected chi connectivity index (χ0v) is 6.50. The predicted molar refractivity (Wildman–Crippen MR) is 42.7 cm³/mol. The molecule has 1 aromatic carbocycles. The molecule has 0 fully saturated rings. The van der Waals surface area contributed by atoms with Crippen LogP contribution in [0.3, 0.4) is 0 Å². The van der Waals surface area contributed by atoms with Crippen molar-refractivity contribution in [2.45, 2.75) is 0 Å². The number of fused-ring (bicyclic) bond motifs is 1. The minimum absolute atomic E-state index is 0.240. The van der Waals surface area contributed by atoms with E-state index < -0.39 is 5.82 Å². The van der Waals surface area contributed by atoms with Crippen LogP contribution in [0, 0.1) is 5.82 Å². The molecule has 0 unspecified atom stereocenters. The van der Waals surface area contributed by atoms with Crippen LogP contribution in [0.25, 0.3) is 11.0 Å². The molecule has 2 aromatic rings. The van der Waals surface area contributed by atoms with Crippen LogP contribution in [-0.4, -0.2) is 7.11 Å². The molecule has 0 aliphatic rings. The van der Waals surface area contributed by atoms with Crippen LogP contribution in [0.2, 0.25) is 0 Å². The summed E-state index contributed by atoms with van der Waals surface area (Å²) in [5.74, 6) is -0.163. The Morgan fingerprint density at radius 1 is 1.42 bits per heavy atom. The highest BCUT2D eigenvalue weighted by Crippen LogP contribution is 2.24. The minimum Gasteiger partial charge on any atom is -0.494 e. The van der Waals surface area contributed by atoms with Gasteiger partial charge in [-0.3, -0.25) is 0 Å². The molecular weight excluding hydrogens is 159 g/mol. The van der Waals surface area contributed by atoms with Crippen molar-refractivity contribution >= 4 is 11.0 Å². The Morgan fingerprint density at radius 3 is 3.00 bits per heavy atom. The molecule has 0 spiro atoms. The van der Waals surface area contributed by atoms with Crippen LogP contribution in [0.4, 0.5) is 4.39 Å². The second-order valence-corrected chi connectivity index (χ2v) is 2.45. The van der Waals surface area contributed by atoms with Crippen molar-refractivity contribution in [1.29, 1.82) is 0 Å². The maximum absolute atomic E-state index is 13.0. The van der Waals surface area contributed by atoms with Gasteiger partial charge in [0.15, 0.2) is 11.6 Å². The molecule has 0 amide bonds. The maximum atomic E-state index is 13.0. The normalized spacial score (nSPS) is 10.5. The number of ether oxygens (including phenoxy) is 1. The van der Waals surface area contributed by atoms with Crippen molar-refractivity contribution in [3.8, 4) is 5.75 Å². The van der Waals surface area contributed by atoms with Crippen molar-refractivity contribution in [2.24, 2.45) is 0 Å². The first-order chi connectivity index (χ1) is 5.81. The Morgan fingerprint density at radius 2 is 2.25 bits per heavy atom. The fraction of sp³-hybridized carbons (Fsp3) is 0.111. The van der Waals surface area contributed by atoms with E-state index in [1.165, 1.54) is 19.4 Å². The highest BCUT2D eigenvalue weighted by Gasteiger charge is 2.05. The van der Waals surface area contributed by atoms with Gasteiger partial charge >= 0.3 is 0 Å². The fourth-order valence-corrected chi connectivity index (χ4v) is 1.12. The van der Waals surface area contributed by atoms with E-state index in [0.29, 0.717) is 5.58 Å². The molecule has 0 atom stereocenters. The predicted octanol–water partition coefficient (Wildman–Crippen LogP) is 2.58. The Kier molecular flexibility index (Phi) is 1.50. The van der Waals surface area contributed by atoms with Gasteiger partial charge in [-0.2, -0.15) is 0 Å². The van der Waals surface area contributed by atoms with E-state index in [1.54, 1.807) is 12.1 Å². The molecule has 3 heteroatoms. The summed E-state index contributed by atoms with van der Waals surface area (Å²) < 4.78 is 22.8. The molecule has 12 heavy (non-hydrogen) atoms. The zero-order valence-electron chi connectivity index (χ0n) is 6.50. The number of hydrogen-bond donors (Lipinski definition) is 0. The summed E-state index contributed by atoms with van der Waals surface area (Å²) in [5, 5.41) is 0.841. The van der Waals surface area contributed by atoms with Gasteiger partial charge in [-0.15, -0.1) is 0 Å². The average Bonchev–Trinajstić information content (AvgIpc) is 2.49. The molecule has 2 nitrogen and oxygen atoms in total. The quantitative estimate of drug-likeness (QED) is 0.649. The molecule has 0 aliphatic carbocycles.